The Morgan fingerprint density at radius 1 is 1.32 bits per heavy atom. The molecule has 0 fully saturated rings. The van der Waals surface area contributed by atoms with Crippen LogP contribution in [0, 0.1) is 5.92 Å². The van der Waals surface area contributed by atoms with Gasteiger partial charge in [-0.25, -0.2) is 9.67 Å². The molecule has 2 unspecified atom stereocenters. The van der Waals surface area contributed by atoms with Gasteiger partial charge in [-0.2, -0.15) is 5.10 Å². The molecule has 4 heteroatoms. The third kappa shape index (κ3) is 4.78. The number of aromatic nitrogens is 3. The number of hydrogen-bond acceptors (Lipinski definition) is 3. The first-order chi connectivity index (χ1) is 8.99. The smallest absolute Gasteiger partial charge is 0.137 e. The van der Waals surface area contributed by atoms with Crippen LogP contribution in [-0.2, 0) is 0 Å². The van der Waals surface area contributed by atoms with Gasteiger partial charge in [-0.3, -0.25) is 0 Å². The molecule has 1 N–H and O–H groups in total. The lowest BCUT2D eigenvalue weighted by Crippen LogP contribution is -2.37. The first-order valence-electron chi connectivity index (χ1n) is 7.21. The molecule has 0 aliphatic carbocycles. The van der Waals surface area contributed by atoms with Gasteiger partial charge >= 0.3 is 0 Å². The Bertz CT molecular complexity index is 373. The highest BCUT2D eigenvalue weighted by Crippen LogP contribution is 2.30. The van der Waals surface area contributed by atoms with Crippen molar-refractivity contribution in [1.29, 1.82) is 0 Å². The summed E-state index contributed by atoms with van der Waals surface area (Å²) in [6, 6.07) is -0.0707. The molecule has 1 aromatic rings. The second-order valence-corrected chi connectivity index (χ2v) is 5.71. The monoisotopic (exact) mass is 265 g/mol. The van der Waals surface area contributed by atoms with Crippen molar-refractivity contribution in [3.63, 3.8) is 0 Å². The highest BCUT2D eigenvalue weighted by atomic mass is 16.3. The fourth-order valence-corrected chi connectivity index (χ4v) is 2.23. The van der Waals surface area contributed by atoms with E-state index < -0.39 is 5.60 Å². The van der Waals surface area contributed by atoms with Crippen LogP contribution >= 0.6 is 0 Å². The van der Waals surface area contributed by atoms with Crippen molar-refractivity contribution in [2.75, 3.05) is 0 Å². The predicted octanol–water partition coefficient (Wildman–Crippen LogP) is 3.36. The van der Waals surface area contributed by atoms with Gasteiger partial charge in [0.15, 0.2) is 0 Å². The fraction of sp³-hybridized carbons (Fsp3) is 0.733. The van der Waals surface area contributed by atoms with E-state index in [-0.39, 0.29) is 6.04 Å². The minimum Gasteiger partial charge on any atom is -0.387 e. The Labute approximate surface area is 116 Å². The van der Waals surface area contributed by atoms with E-state index in [0.29, 0.717) is 12.3 Å². The molecule has 1 rings (SSSR count). The Balaban J connectivity index is 2.70. The van der Waals surface area contributed by atoms with Gasteiger partial charge in [-0.05, 0) is 32.1 Å². The SMILES string of the molecule is CCCC(O)(CC=CCC(C)C)C(C)n1cncn1. The number of rotatable bonds is 8. The molecular formula is C15H27N3O. The molecule has 0 radical (unpaired) electrons. The molecule has 108 valence electrons. The first kappa shape index (κ1) is 15.9. The van der Waals surface area contributed by atoms with Gasteiger partial charge in [-0.15, -0.1) is 0 Å². The molecule has 0 bridgehead atoms. The molecule has 1 aromatic heterocycles. The van der Waals surface area contributed by atoms with E-state index in [0.717, 1.165) is 19.3 Å². The van der Waals surface area contributed by atoms with Crippen LogP contribution in [0.2, 0.25) is 0 Å². The molecule has 0 spiro atoms. The molecule has 0 aliphatic heterocycles. The lowest BCUT2D eigenvalue weighted by atomic mass is 9.86. The molecule has 0 amide bonds. The number of hydrogen-bond donors (Lipinski definition) is 1. The highest BCUT2D eigenvalue weighted by Gasteiger charge is 2.33. The zero-order valence-corrected chi connectivity index (χ0v) is 12.6. The third-order valence-electron chi connectivity index (χ3n) is 3.54. The quantitative estimate of drug-likeness (QED) is 0.733. The molecule has 4 nitrogen and oxygen atoms in total. The first-order valence-corrected chi connectivity index (χ1v) is 7.21. The van der Waals surface area contributed by atoms with E-state index in [1.165, 1.54) is 6.33 Å². The van der Waals surface area contributed by atoms with E-state index in [4.69, 9.17) is 0 Å². The lowest BCUT2D eigenvalue weighted by molar-refractivity contribution is -0.0161. The van der Waals surface area contributed by atoms with Crippen LogP contribution in [-0.4, -0.2) is 25.5 Å². The Morgan fingerprint density at radius 3 is 2.58 bits per heavy atom. The molecule has 0 aliphatic rings. The van der Waals surface area contributed by atoms with E-state index in [1.54, 1.807) is 11.0 Å². The summed E-state index contributed by atoms with van der Waals surface area (Å²) in [6.45, 7) is 8.48. The Hall–Kier alpha value is -1.16. The summed E-state index contributed by atoms with van der Waals surface area (Å²) >= 11 is 0. The van der Waals surface area contributed by atoms with E-state index in [9.17, 15) is 5.11 Å². The molecule has 0 aromatic carbocycles. The third-order valence-corrected chi connectivity index (χ3v) is 3.54. The maximum absolute atomic E-state index is 10.9. The van der Waals surface area contributed by atoms with Crippen molar-refractivity contribution in [2.45, 2.75) is 65.0 Å². The van der Waals surface area contributed by atoms with Crippen molar-refractivity contribution in [2.24, 2.45) is 5.92 Å². The molecule has 0 saturated heterocycles. The van der Waals surface area contributed by atoms with Crippen LogP contribution < -0.4 is 0 Å². The van der Waals surface area contributed by atoms with Crippen LogP contribution in [0.15, 0.2) is 24.8 Å². The van der Waals surface area contributed by atoms with Gasteiger partial charge < -0.3 is 5.11 Å². The van der Waals surface area contributed by atoms with Crippen molar-refractivity contribution in [3.8, 4) is 0 Å². The van der Waals surface area contributed by atoms with Crippen molar-refractivity contribution < 1.29 is 5.11 Å². The Kier molecular flexibility index (Phi) is 6.22. The summed E-state index contributed by atoms with van der Waals surface area (Å²) < 4.78 is 1.74. The van der Waals surface area contributed by atoms with Gasteiger partial charge in [0.2, 0.25) is 0 Å². The summed E-state index contributed by atoms with van der Waals surface area (Å²) in [6.07, 6.45) is 10.9. The van der Waals surface area contributed by atoms with Gasteiger partial charge in [0.05, 0.1) is 11.6 Å². The standard InChI is InChI=1S/C15H27N3O/c1-5-9-15(19,10-7-6-8-13(2)3)14(4)18-12-16-11-17-18/h6-7,11-14,19H,5,8-10H2,1-4H3. The number of nitrogens with zero attached hydrogens (tertiary/aromatic N) is 3. The zero-order valence-electron chi connectivity index (χ0n) is 12.6. The minimum atomic E-state index is -0.754. The zero-order chi connectivity index (χ0) is 14.3. The van der Waals surface area contributed by atoms with Crippen LogP contribution in [0.25, 0.3) is 0 Å². The molecule has 19 heavy (non-hydrogen) atoms. The van der Waals surface area contributed by atoms with Crippen LogP contribution in [0.4, 0.5) is 0 Å². The second-order valence-electron chi connectivity index (χ2n) is 5.71. The molecular weight excluding hydrogens is 238 g/mol. The average molecular weight is 265 g/mol. The molecule has 1 heterocycles. The minimum absolute atomic E-state index is 0.0707. The maximum atomic E-state index is 10.9. The van der Waals surface area contributed by atoms with Crippen LogP contribution in [0.3, 0.4) is 0 Å². The van der Waals surface area contributed by atoms with Gasteiger partial charge in [0.1, 0.15) is 12.7 Å². The van der Waals surface area contributed by atoms with Crippen molar-refractivity contribution >= 4 is 0 Å². The summed E-state index contributed by atoms with van der Waals surface area (Å²) in [5.74, 6) is 0.656. The van der Waals surface area contributed by atoms with Crippen molar-refractivity contribution in [1.82, 2.24) is 14.8 Å². The summed E-state index contributed by atoms with van der Waals surface area (Å²) in [5.41, 5.74) is -0.754. The molecule has 0 saturated carbocycles. The number of aliphatic hydroxyl groups is 1. The van der Waals surface area contributed by atoms with Gasteiger partial charge in [0.25, 0.3) is 0 Å². The van der Waals surface area contributed by atoms with E-state index in [2.05, 4.69) is 43.0 Å². The van der Waals surface area contributed by atoms with Crippen molar-refractivity contribution in [3.05, 3.63) is 24.8 Å². The van der Waals surface area contributed by atoms with Crippen LogP contribution in [0.5, 0.6) is 0 Å². The normalized spacial score (nSPS) is 16.9. The largest absolute Gasteiger partial charge is 0.387 e. The van der Waals surface area contributed by atoms with E-state index in [1.807, 2.05) is 6.92 Å². The van der Waals surface area contributed by atoms with Crippen LogP contribution in [0.1, 0.15) is 59.4 Å². The van der Waals surface area contributed by atoms with Gasteiger partial charge in [-0.1, -0.05) is 39.3 Å². The lowest BCUT2D eigenvalue weighted by Gasteiger charge is -2.33. The fourth-order valence-electron chi connectivity index (χ4n) is 2.23. The molecule has 2 atom stereocenters. The topological polar surface area (TPSA) is 50.9 Å². The highest BCUT2D eigenvalue weighted by molar-refractivity contribution is 4.96. The van der Waals surface area contributed by atoms with E-state index >= 15 is 0 Å². The second kappa shape index (κ2) is 7.43. The maximum Gasteiger partial charge on any atom is 0.137 e. The van der Waals surface area contributed by atoms with Gasteiger partial charge in [0, 0.05) is 0 Å². The predicted molar refractivity (Wildman–Crippen MR) is 77.8 cm³/mol. The average Bonchev–Trinajstić information content (AvgIpc) is 2.87. The summed E-state index contributed by atoms with van der Waals surface area (Å²) in [5, 5.41) is 15.0. The number of allylic oxidation sites excluding steroid dienone is 1. The summed E-state index contributed by atoms with van der Waals surface area (Å²) in [4.78, 5) is 3.96. The summed E-state index contributed by atoms with van der Waals surface area (Å²) in [7, 11) is 0. The Morgan fingerprint density at radius 2 is 2.05 bits per heavy atom.